The van der Waals surface area contributed by atoms with Crippen molar-refractivity contribution in [2.45, 2.75) is 19.4 Å². The van der Waals surface area contributed by atoms with Crippen molar-refractivity contribution in [2.75, 3.05) is 29.9 Å². The van der Waals surface area contributed by atoms with Crippen LogP contribution in [0.4, 0.5) is 25.0 Å². The van der Waals surface area contributed by atoms with E-state index in [4.69, 9.17) is 11.6 Å². The minimum absolute atomic E-state index is 0.0165. The quantitative estimate of drug-likeness (QED) is 0.692. The molecule has 29 heavy (non-hydrogen) atoms. The number of piperazine rings is 1. The molecule has 1 atom stereocenters. The second-order valence-corrected chi connectivity index (χ2v) is 7.25. The van der Waals surface area contributed by atoms with E-state index in [1.54, 1.807) is 25.1 Å². The van der Waals surface area contributed by atoms with E-state index in [-0.39, 0.29) is 24.4 Å². The Kier molecular flexibility index (Phi) is 6.53. The Labute approximate surface area is 172 Å². The molecule has 1 saturated heterocycles. The fourth-order valence-electron chi connectivity index (χ4n) is 3.16. The number of anilines is 2. The summed E-state index contributed by atoms with van der Waals surface area (Å²) in [7, 11) is 0. The molecule has 2 aromatic carbocycles. The average molecular weight is 423 g/mol. The smallest absolute Gasteiger partial charge is 0.319 e. The van der Waals surface area contributed by atoms with Crippen LogP contribution in [-0.4, -0.2) is 37.6 Å². The van der Waals surface area contributed by atoms with Crippen molar-refractivity contribution >= 4 is 34.9 Å². The number of nitrogens with zero attached hydrogens (tertiary/aromatic N) is 1. The molecule has 9 heteroatoms. The molecule has 1 unspecified atom stereocenters. The van der Waals surface area contributed by atoms with E-state index >= 15 is 0 Å². The molecule has 0 bridgehead atoms. The Balaban J connectivity index is 1.59. The number of halogens is 3. The Morgan fingerprint density at radius 3 is 2.66 bits per heavy atom. The van der Waals surface area contributed by atoms with Crippen LogP contribution in [0.25, 0.3) is 0 Å². The topological polar surface area (TPSA) is 73.5 Å². The highest BCUT2D eigenvalue weighted by molar-refractivity contribution is 6.33. The van der Waals surface area contributed by atoms with Crippen molar-refractivity contribution in [1.82, 2.24) is 10.6 Å². The van der Waals surface area contributed by atoms with Crippen LogP contribution in [0.15, 0.2) is 36.4 Å². The van der Waals surface area contributed by atoms with Gasteiger partial charge in [-0.3, -0.25) is 4.79 Å². The highest BCUT2D eigenvalue weighted by Crippen LogP contribution is 2.29. The zero-order valence-corrected chi connectivity index (χ0v) is 16.5. The Morgan fingerprint density at radius 1 is 1.28 bits per heavy atom. The largest absolute Gasteiger partial charge is 0.359 e. The maximum atomic E-state index is 13.7. The molecule has 0 radical (unpaired) electrons. The molecule has 1 aliphatic heterocycles. The van der Waals surface area contributed by atoms with Crippen LogP contribution >= 0.6 is 11.6 Å². The molecule has 1 aliphatic rings. The fourth-order valence-corrected chi connectivity index (χ4v) is 3.46. The first-order valence-electron chi connectivity index (χ1n) is 9.15. The van der Waals surface area contributed by atoms with Gasteiger partial charge in [-0.2, -0.15) is 0 Å². The number of hydrogen-bond acceptors (Lipinski definition) is 3. The van der Waals surface area contributed by atoms with Gasteiger partial charge in [-0.25, -0.2) is 13.6 Å². The Bertz CT molecular complexity index is 905. The van der Waals surface area contributed by atoms with Gasteiger partial charge in [0.1, 0.15) is 11.6 Å². The third kappa shape index (κ3) is 5.35. The predicted octanol–water partition coefficient (Wildman–Crippen LogP) is 3.31. The number of carbonyl (C=O) groups is 2. The average Bonchev–Trinajstić information content (AvgIpc) is 2.65. The van der Waals surface area contributed by atoms with E-state index in [9.17, 15) is 18.4 Å². The van der Waals surface area contributed by atoms with E-state index in [1.807, 2.05) is 4.90 Å². The number of benzene rings is 2. The van der Waals surface area contributed by atoms with E-state index in [1.165, 1.54) is 18.2 Å². The van der Waals surface area contributed by atoms with E-state index in [0.29, 0.717) is 29.5 Å². The van der Waals surface area contributed by atoms with Crippen LogP contribution in [0, 0.1) is 11.6 Å². The van der Waals surface area contributed by atoms with Crippen molar-refractivity contribution in [3.8, 4) is 0 Å². The number of carbonyl (C=O) groups excluding carboxylic acids is 2. The van der Waals surface area contributed by atoms with E-state index in [0.717, 1.165) is 0 Å². The number of rotatable bonds is 5. The zero-order valence-electron chi connectivity index (χ0n) is 15.8. The summed E-state index contributed by atoms with van der Waals surface area (Å²) in [5.74, 6) is -1.37. The minimum atomic E-state index is -0.646. The van der Waals surface area contributed by atoms with Gasteiger partial charge in [-0.15, -0.1) is 0 Å². The van der Waals surface area contributed by atoms with Gasteiger partial charge < -0.3 is 20.9 Å². The van der Waals surface area contributed by atoms with Crippen molar-refractivity contribution in [3.05, 3.63) is 58.6 Å². The number of amides is 3. The monoisotopic (exact) mass is 422 g/mol. The standard InChI is InChI=1S/C20H21ClF2N4O2/c1-12(9-14-16(22)3-2-4-17(14)23)25-20(29)26-13-5-6-18(15(21)10-13)27-8-7-24-19(28)11-27/h2-6,10,12H,7-9,11H2,1H3,(H,24,28)(H2,25,26,29). The molecule has 3 amide bonds. The summed E-state index contributed by atoms with van der Waals surface area (Å²) in [6, 6.07) is 7.63. The second kappa shape index (κ2) is 9.09. The lowest BCUT2D eigenvalue weighted by molar-refractivity contribution is -0.120. The summed E-state index contributed by atoms with van der Waals surface area (Å²) < 4.78 is 27.5. The van der Waals surface area contributed by atoms with Crippen LogP contribution in [0.5, 0.6) is 0 Å². The molecule has 154 valence electrons. The molecule has 6 nitrogen and oxygen atoms in total. The molecular formula is C20H21ClF2N4O2. The molecule has 1 heterocycles. The van der Waals surface area contributed by atoms with Gasteiger partial charge in [0.15, 0.2) is 0 Å². The van der Waals surface area contributed by atoms with Crippen molar-refractivity contribution in [1.29, 1.82) is 0 Å². The number of nitrogens with one attached hydrogen (secondary N) is 3. The molecule has 1 fully saturated rings. The van der Waals surface area contributed by atoms with Crippen LogP contribution in [0.1, 0.15) is 12.5 Å². The number of hydrogen-bond donors (Lipinski definition) is 3. The highest BCUT2D eigenvalue weighted by Gasteiger charge is 2.19. The maximum absolute atomic E-state index is 13.7. The van der Waals surface area contributed by atoms with Gasteiger partial charge in [0, 0.05) is 30.4 Å². The van der Waals surface area contributed by atoms with E-state index in [2.05, 4.69) is 16.0 Å². The third-order valence-electron chi connectivity index (χ3n) is 4.53. The summed E-state index contributed by atoms with van der Waals surface area (Å²) in [6.45, 7) is 3.06. The van der Waals surface area contributed by atoms with Crippen molar-refractivity contribution < 1.29 is 18.4 Å². The maximum Gasteiger partial charge on any atom is 0.319 e. The molecular weight excluding hydrogens is 402 g/mol. The highest BCUT2D eigenvalue weighted by atomic mass is 35.5. The molecule has 3 N–H and O–H groups in total. The third-order valence-corrected chi connectivity index (χ3v) is 4.84. The number of urea groups is 1. The van der Waals surface area contributed by atoms with Gasteiger partial charge in [0.05, 0.1) is 17.3 Å². The van der Waals surface area contributed by atoms with Crippen LogP contribution in [0.2, 0.25) is 5.02 Å². The van der Waals surface area contributed by atoms with Gasteiger partial charge >= 0.3 is 6.03 Å². The van der Waals surface area contributed by atoms with Gasteiger partial charge in [-0.05, 0) is 43.7 Å². The second-order valence-electron chi connectivity index (χ2n) is 6.84. The molecule has 0 aromatic heterocycles. The predicted molar refractivity (Wildman–Crippen MR) is 108 cm³/mol. The SMILES string of the molecule is CC(Cc1c(F)cccc1F)NC(=O)Nc1ccc(N2CCNC(=O)C2)c(Cl)c1. The fraction of sp³-hybridized carbons (Fsp3) is 0.300. The summed E-state index contributed by atoms with van der Waals surface area (Å²) in [4.78, 5) is 25.6. The van der Waals surface area contributed by atoms with Crippen LogP contribution in [0.3, 0.4) is 0 Å². The lowest BCUT2D eigenvalue weighted by atomic mass is 10.1. The van der Waals surface area contributed by atoms with Gasteiger partial charge in [0.25, 0.3) is 0 Å². The first-order valence-corrected chi connectivity index (χ1v) is 9.53. The van der Waals surface area contributed by atoms with Gasteiger partial charge in [-0.1, -0.05) is 17.7 Å². The first kappa shape index (κ1) is 20.9. The minimum Gasteiger partial charge on any atom is -0.359 e. The van der Waals surface area contributed by atoms with Crippen molar-refractivity contribution in [3.63, 3.8) is 0 Å². The lowest BCUT2D eigenvalue weighted by Gasteiger charge is -2.29. The lowest BCUT2D eigenvalue weighted by Crippen LogP contribution is -2.47. The summed E-state index contributed by atoms with van der Waals surface area (Å²) in [5.41, 5.74) is 1.09. The molecule has 0 saturated carbocycles. The summed E-state index contributed by atoms with van der Waals surface area (Å²) >= 11 is 6.31. The summed E-state index contributed by atoms with van der Waals surface area (Å²) in [6.07, 6.45) is 0.0165. The Hall–Kier alpha value is -2.87. The first-order chi connectivity index (χ1) is 13.8. The zero-order chi connectivity index (χ0) is 21.0. The molecule has 3 rings (SSSR count). The summed E-state index contributed by atoms with van der Waals surface area (Å²) in [5, 5.41) is 8.44. The Morgan fingerprint density at radius 2 is 2.00 bits per heavy atom. The van der Waals surface area contributed by atoms with Crippen molar-refractivity contribution in [2.24, 2.45) is 0 Å². The van der Waals surface area contributed by atoms with E-state index < -0.39 is 23.7 Å². The van der Waals surface area contributed by atoms with Crippen LogP contribution < -0.4 is 20.9 Å². The van der Waals surface area contributed by atoms with Crippen LogP contribution in [-0.2, 0) is 11.2 Å². The molecule has 0 spiro atoms. The molecule has 0 aliphatic carbocycles. The van der Waals surface area contributed by atoms with Gasteiger partial charge in [0.2, 0.25) is 5.91 Å². The molecule has 2 aromatic rings. The normalized spacial score (nSPS) is 14.9.